The summed E-state index contributed by atoms with van der Waals surface area (Å²) in [4.78, 5) is 17.7. The lowest BCUT2D eigenvalue weighted by atomic mass is 9.95. The molecule has 3 N–H and O–H groups in total. The van der Waals surface area contributed by atoms with Crippen LogP contribution < -0.4 is 11.2 Å². The molecule has 1 amide bonds. The van der Waals surface area contributed by atoms with E-state index in [1.165, 1.54) is 18.4 Å². The van der Waals surface area contributed by atoms with Gasteiger partial charge >= 0.3 is 0 Å². The van der Waals surface area contributed by atoms with Gasteiger partial charge in [-0.15, -0.1) is 0 Å². The zero-order valence-electron chi connectivity index (χ0n) is 19.3. The van der Waals surface area contributed by atoms with Gasteiger partial charge < -0.3 is 21.0 Å². The van der Waals surface area contributed by atoms with Crippen LogP contribution >= 0.6 is 0 Å². The SMILES string of the molecule is CCCCN(C)C1CCN(C(=O)c2ccc(N)c(/C3=C/CN/N=C\CCCC3)c2)CC1. The van der Waals surface area contributed by atoms with Crippen LogP contribution in [0.15, 0.2) is 29.4 Å². The molecule has 3 rings (SSSR count). The highest BCUT2D eigenvalue weighted by Gasteiger charge is 2.26. The maximum absolute atomic E-state index is 13.2. The van der Waals surface area contributed by atoms with Crippen molar-refractivity contribution in [2.75, 3.05) is 39.0 Å². The number of anilines is 1. The zero-order chi connectivity index (χ0) is 22.1. The topological polar surface area (TPSA) is 74.0 Å². The maximum Gasteiger partial charge on any atom is 0.253 e. The average Bonchev–Trinajstić information content (AvgIpc) is 2.81. The minimum atomic E-state index is 0.124. The first-order valence-corrected chi connectivity index (χ1v) is 11.9. The van der Waals surface area contributed by atoms with Gasteiger partial charge in [0.25, 0.3) is 5.91 Å². The Hall–Kier alpha value is -2.34. The molecule has 1 fully saturated rings. The molecule has 0 radical (unpaired) electrons. The summed E-state index contributed by atoms with van der Waals surface area (Å²) < 4.78 is 0. The number of carbonyl (C=O) groups excluding carboxylic acids is 1. The Morgan fingerprint density at radius 2 is 2.10 bits per heavy atom. The second-order valence-electron chi connectivity index (χ2n) is 8.81. The van der Waals surface area contributed by atoms with Gasteiger partial charge in [0.1, 0.15) is 0 Å². The monoisotopic (exact) mass is 425 g/mol. The van der Waals surface area contributed by atoms with Crippen LogP contribution in [0.2, 0.25) is 0 Å². The number of nitrogens with one attached hydrogen (secondary N) is 1. The van der Waals surface area contributed by atoms with Crippen LogP contribution in [0.4, 0.5) is 5.69 Å². The molecular formula is C25H39N5O. The molecule has 0 aromatic heterocycles. The van der Waals surface area contributed by atoms with Crippen molar-refractivity contribution >= 4 is 23.4 Å². The first kappa shape index (κ1) is 23.3. The predicted molar refractivity (Wildman–Crippen MR) is 130 cm³/mol. The molecule has 0 unspecified atom stereocenters. The number of rotatable bonds is 6. The number of hydrogen-bond donors (Lipinski definition) is 2. The number of likely N-dealkylation sites (tertiary alicyclic amines) is 1. The van der Waals surface area contributed by atoms with Crippen molar-refractivity contribution in [3.63, 3.8) is 0 Å². The lowest BCUT2D eigenvalue weighted by Gasteiger charge is -2.37. The number of piperidine rings is 1. The standard InChI is InChI=1S/C25H39N5O/c1-3-4-16-29(2)22-12-17-30(18-13-22)25(31)21-9-10-24(26)23(19-21)20-8-6-5-7-14-27-28-15-11-20/h9-11,14,19,22,28H,3-8,12-13,15-18,26H2,1-2H3/b20-11+,27-14-. The molecule has 6 nitrogen and oxygen atoms in total. The van der Waals surface area contributed by atoms with Crippen molar-refractivity contribution in [1.82, 2.24) is 15.2 Å². The third kappa shape index (κ3) is 6.57. The van der Waals surface area contributed by atoms with Gasteiger partial charge in [-0.1, -0.05) is 19.4 Å². The smallest absolute Gasteiger partial charge is 0.253 e. The highest BCUT2D eigenvalue weighted by Crippen LogP contribution is 2.28. The Morgan fingerprint density at radius 3 is 2.87 bits per heavy atom. The molecule has 1 aromatic rings. The molecule has 0 spiro atoms. The summed E-state index contributed by atoms with van der Waals surface area (Å²) in [5.74, 6) is 0.124. The number of allylic oxidation sites excluding steroid dienone is 1. The number of nitrogens with zero attached hydrogens (tertiary/aromatic N) is 3. The number of carbonyl (C=O) groups is 1. The van der Waals surface area contributed by atoms with Crippen molar-refractivity contribution in [2.45, 2.75) is 64.3 Å². The minimum Gasteiger partial charge on any atom is -0.398 e. The fourth-order valence-electron chi connectivity index (χ4n) is 4.50. The molecule has 31 heavy (non-hydrogen) atoms. The molecule has 6 heteroatoms. The van der Waals surface area contributed by atoms with Gasteiger partial charge in [0.05, 0.1) is 6.54 Å². The van der Waals surface area contributed by atoms with E-state index in [2.05, 4.69) is 35.5 Å². The van der Waals surface area contributed by atoms with E-state index in [0.29, 0.717) is 12.6 Å². The third-order valence-electron chi connectivity index (χ3n) is 6.54. The van der Waals surface area contributed by atoms with Crippen LogP contribution in [-0.2, 0) is 0 Å². The van der Waals surface area contributed by atoms with Crippen LogP contribution in [0.5, 0.6) is 0 Å². The summed E-state index contributed by atoms with van der Waals surface area (Å²) >= 11 is 0. The highest BCUT2D eigenvalue weighted by atomic mass is 16.2. The molecule has 1 saturated heterocycles. The number of hydrazone groups is 1. The fraction of sp³-hybridized carbons (Fsp3) is 0.600. The number of unbranched alkanes of at least 4 members (excludes halogenated alkanes) is 1. The molecule has 2 aliphatic rings. The largest absolute Gasteiger partial charge is 0.398 e. The van der Waals surface area contributed by atoms with Crippen molar-refractivity contribution in [1.29, 1.82) is 0 Å². The summed E-state index contributed by atoms with van der Waals surface area (Å²) in [6.07, 6.45) is 12.8. The minimum absolute atomic E-state index is 0.124. The van der Waals surface area contributed by atoms with Crippen molar-refractivity contribution in [3.8, 4) is 0 Å². The quantitative estimate of drug-likeness (QED) is 0.672. The third-order valence-corrected chi connectivity index (χ3v) is 6.54. The summed E-state index contributed by atoms with van der Waals surface area (Å²) in [5.41, 5.74) is 13.1. The van der Waals surface area contributed by atoms with Gasteiger partial charge in [0.15, 0.2) is 0 Å². The molecule has 2 aliphatic heterocycles. The second-order valence-corrected chi connectivity index (χ2v) is 8.81. The van der Waals surface area contributed by atoms with E-state index in [1.807, 2.05) is 29.3 Å². The fourth-order valence-corrected chi connectivity index (χ4v) is 4.50. The molecular weight excluding hydrogens is 386 g/mol. The van der Waals surface area contributed by atoms with E-state index >= 15 is 0 Å². The molecule has 170 valence electrons. The van der Waals surface area contributed by atoms with Crippen LogP contribution in [0.25, 0.3) is 5.57 Å². The van der Waals surface area contributed by atoms with E-state index in [0.717, 1.165) is 75.0 Å². The summed E-state index contributed by atoms with van der Waals surface area (Å²) in [6.45, 7) is 5.69. The van der Waals surface area contributed by atoms with E-state index in [-0.39, 0.29) is 5.91 Å². The molecule has 0 saturated carbocycles. The number of nitrogens with two attached hydrogens (primary N) is 1. The zero-order valence-corrected chi connectivity index (χ0v) is 19.3. The Kier molecular flexibility index (Phi) is 8.95. The Balaban J connectivity index is 1.67. The second kappa shape index (κ2) is 11.9. The predicted octanol–water partition coefficient (Wildman–Crippen LogP) is 4.14. The first-order chi connectivity index (χ1) is 15.1. The molecule has 1 aromatic carbocycles. The van der Waals surface area contributed by atoms with Gasteiger partial charge in [-0.3, -0.25) is 4.79 Å². The average molecular weight is 426 g/mol. The van der Waals surface area contributed by atoms with Crippen LogP contribution in [-0.4, -0.2) is 61.2 Å². The molecule has 0 bridgehead atoms. The van der Waals surface area contributed by atoms with Crippen molar-refractivity contribution in [3.05, 3.63) is 35.4 Å². The van der Waals surface area contributed by atoms with E-state index in [1.54, 1.807) is 0 Å². The number of benzene rings is 1. The van der Waals surface area contributed by atoms with Gasteiger partial charge in [0.2, 0.25) is 0 Å². The van der Waals surface area contributed by atoms with Crippen LogP contribution in [0.1, 0.15) is 74.2 Å². The molecule has 2 heterocycles. The van der Waals surface area contributed by atoms with Crippen LogP contribution in [0, 0.1) is 0 Å². The summed E-state index contributed by atoms with van der Waals surface area (Å²) in [6, 6.07) is 6.35. The number of hydrogen-bond acceptors (Lipinski definition) is 5. The Labute approximate surface area is 187 Å². The van der Waals surface area contributed by atoms with E-state index in [9.17, 15) is 4.79 Å². The van der Waals surface area contributed by atoms with Gasteiger partial charge in [0, 0.05) is 42.2 Å². The van der Waals surface area contributed by atoms with E-state index < -0.39 is 0 Å². The first-order valence-electron chi connectivity index (χ1n) is 11.9. The maximum atomic E-state index is 13.2. The van der Waals surface area contributed by atoms with Crippen LogP contribution in [0.3, 0.4) is 0 Å². The molecule has 0 atom stereocenters. The normalized spacial score (nSPS) is 21.3. The van der Waals surface area contributed by atoms with Crippen molar-refractivity contribution < 1.29 is 4.79 Å². The molecule has 0 aliphatic carbocycles. The van der Waals surface area contributed by atoms with Gasteiger partial charge in [-0.2, -0.15) is 5.10 Å². The van der Waals surface area contributed by atoms with Crippen molar-refractivity contribution in [2.24, 2.45) is 5.10 Å². The van der Waals surface area contributed by atoms with E-state index in [4.69, 9.17) is 5.73 Å². The number of nitrogen functional groups attached to an aromatic ring is 1. The Bertz CT molecular complexity index is 780. The van der Waals surface area contributed by atoms with Gasteiger partial charge in [-0.25, -0.2) is 0 Å². The lowest BCUT2D eigenvalue weighted by molar-refractivity contribution is 0.0645. The number of amides is 1. The summed E-state index contributed by atoms with van der Waals surface area (Å²) in [5, 5.41) is 4.21. The summed E-state index contributed by atoms with van der Waals surface area (Å²) in [7, 11) is 2.22. The lowest BCUT2D eigenvalue weighted by Crippen LogP contribution is -2.45. The highest BCUT2D eigenvalue weighted by molar-refractivity contribution is 5.96. The Morgan fingerprint density at radius 1 is 1.29 bits per heavy atom. The van der Waals surface area contributed by atoms with Gasteiger partial charge in [-0.05, 0) is 82.3 Å².